The second kappa shape index (κ2) is 2.74. The zero-order valence-corrected chi connectivity index (χ0v) is 7.32. The molecule has 1 aromatic carbocycles. The molecule has 1 aromatic rings. The first-order chi connectivity index (χ1) is 5.38. The molecular formula is C10H10S. The van der Waals surface area contributed by atoms with Crippen LogP contribution < -0.4 is 0 Å². The third kappa shape index (κ3) is 1.21. The van der Waals surface area contributed by atoms with Crippen molar-refractivity contribution >= 4 is 11.8 Å². The highest BCUT2D eigenvalue weighted by Gasteiger charge is 2.06. The van der Waals surface area contributed by atoms with Crippen molar-refractivity contribution in [1.29, 1.82) is 0 Å². The lowest BCUT2D eigenvalue weighted by molar-refractivity contribution is 1.13. The van der Waals surface area contributed by atoms with Gasteiger partial charge in [-0.15, -0.1) is 0 Å². The molecule has 0 nitrogen and oxygen atoms in total. The average Bonchev–Trinajstić information content (AvgIpc) is 2.06. The molecule has 56 valence electrons. The third-order valence-electron chi connectivity index (χ3n) is 1.91. The van der Waals surface area contributed by atoms with E-state index in [2.05, 4.69) is 36.6 Å². The minimum Gasteiger partial charge on any atom is -0.0978 e. The molecule has 0 N–H and O–H groups in total. The average molecular weight is 162 g/mol. The van der Waals surface area contributed by atoms with Gasteiger partial charge >= 0.3 is 0 Å². The van der Waals surface area contributed by atoms with E-state index in [-0.39, 0.29) is 0 Å². The van der Waals surface area contributed by atoms with Crippen molar-refractivity contribution < 1.29 is 0 Å². The van der Waals surface area contributed by atoms with Crippen LogP contribution in [-0.4, -0.2) is 0 Å². The zero-order valence-electron chi connectivity index (χ0n) is 6.50. The van der Waals surface area contributed by atoms with Gasteiger partial charge in [0, 0.05) is 4.90 Å². The summed E-state index contributed by atoms with van der Waals surface area (Å²) in [5, 5.41) is 2.18. The van der Waals surface area contributed by atoms with Crippen molar-refractivity contribution in [3.8, 4) is 0 Å². The van der Waals surface area contributed by atoms with E-state index in [1.807, 2.05) is 11.8 Å². The number of aryl methyl sites for hydroxylation is 1. The Bertz CT molecular complexity index is 300. The number of thioether (sulfide) groups is 1. The number of benzene rings is 1. The van der Waals surface area contributed by atoms with Gasteiger partial charge in [-0.3, -0.25) is 0 Å². The van der Waals surface area contributed by atoms with E-state index in [0.717, 1.165) is 6.42 Å². The van der Waals surface area contributed by atoms with Crippen LogP contribution in [0.25, 0.3) is 0 Å². The van der Waals surface area contributed by atoms with Gasteiger partial charge in [0.25, 0.3) is 0 Å². The Morgan fingerprint density at radius 3 is 3.09 bits per heavy atom. The summed E-state index contributed by atoms with van der Waals surface area (Å²) in [5.74, 6) is 0. The summed E-state index contributed by atoms with van der Waals surface area (Å²) in [6.45, 7) is 2.17. The normalized spacial score (nSPS) is 14.6. The second-order valence-electron chi connectivity index (χ2n) is 2.76. The fourth-order valence-electron chi connectivity index (χ4n) is 1.33. The maximum absolute atomic E-state index is 2.21. The van der Waals surface area contributed by atoms with Gasteiger partial charge in [-0.1, -0.05) is 36.0 Å². The zero-order chi connectivity index (χ0) is 7.68. The molecule has 1 heterocycles. The second-order valence-corrected chi connectivity index (χ2v) is 3.67. The SMILES string of the molecule is Cc1cccc2c1SC=CC2. The van der Waals surface area contributed by atoms with Crippen molar-refractivity contribution in [2.75, 3.05) is 0 Å². The Balaban J connectivity index is 2.54. The summed E-state index contributed by atoms with van der Waals surface area (Å²) in [6, 6.07) is 6.51. The van der Waals surface area contributed by atoms with Crippen molar-refractivity contribution in [2.24, 2.45) is 0 Å². The molecule has 0 aromatic heterocycles. The van der Waals surface area contributed by atoms with E-state index in [1.54, 1.807) is 0 Å². The maximum atomic E-state index is 2.21. The monoisotopic (exact) mass is 162 g/mol. The van der Waals surface area contributed by atoms with Crippen LogP contribution in [0.2, 0.25) is 0 Å². The quantitative estimate of drug-likeness (QED) is 0.564. The molecule has 2 rings (SSSR count). The fraction of sp³-hybridized carbons (Fsp3) is 0.200. The third-order valence-corrected chi connectivity index (χ3v) is 3.06. The van der Waals surface area contributed by atoms with E-state index in [4.69, 9.17) is 0 Å². The lowest BCUT2D eigenvalue weighted by Gasteiger charge is -2.11. The van der Waals surface area contributed by atoms with Crippen molar-refractivity contribution in [1.82, 2.24) is 0 Å². The van der Waals surface area contributed by atoms with Gasteiger partial charge < -0.3 is 0 Å². The van der Waals surface area contributed by atoms with E-state index in [0.29, 0.717) is 0 Å². The molecule has 1 heteroatoms. The number of hydrogen-bond acceptors (Lipinski definition) is 1. The topological polar surface area (TPSA) is 0 Å². The molecule has 0 atom stereocenters. The molecule has 0 fully saturated rings. The molecule has 0 radical (unpaired) electrons. The van der Waals surface area contributed by atoms with Crippen LogP contribution in [0.5, 0.6) is 0 Å². The lowest BCUT2D eigenvalue weighted by atomic mass is 10.1. The summed E-state index contributed by atoms with van der Waals surface area (Å²) in [4.78, 5) is 1.45. The summed E-state index contributed by atoms with van der Waals surface area (Å²) >= 11 is 1.83. The molecule has 1 aliphatic rings. The highest BCUT2D eigenvalue weighted by Crippen LogP contribution is 2.31. The Kier molecular flexibility index (Phi) is 1.74. The highest BCUT2D eigenvalue weighted by atomic mass is 32.2. The largest absolute Gasteiger partial charge is 0.0978 e. The van der Waals surface area contributed by atoms with E-state index in [1.165, 1.54) is 16.0 Å². The minimum atomic E-state index is 1.10. The number of hydrogen-bond donors (Lipinski definition) is 0. The molecule has 0 bridgehead atoms. The van der Waals surface area contributed by atoms with Gasteiger partial charge in [0.05, 0.1) is 0 Å². The van der Waals surface area contributed by atoms with Crippen LogP contribution in [0, 0.1) is 6.92 Å². The molecule has 0 unspecified atom stereocenters. The minimum absolute atomic E-state index is 1.10. The van der Waals surface area contributed by atoms with Gasteiger partial charge in [0.1, 0.15) is 0 Å². The fourth-order valence-corrected chi connectivity index (χ4v) is 2.22. The van der Waals surface area contributed by atoms with E-state index in [9.17, 15) is 0 Å². The van der Waals surface area contributed by atoms with Crippen LogP contribution in [0.4, 0.5) is 0 Å². The molecule has 0 aliphatic carbocycles. The molecule has 0 saturated carbocycles. The Morgan fingerprint density at radius 2 is 2.27 bits per heavy atom. The molecule has 0 amide bonds. The summed E-state index contributed by atoms with van der Waals surface area (Å²) < 4.78 is 0. The van der Waals surface area contributed by atoms with Crippen LogP contribution in [0.15, 0.2) is 34.6 Å². The lowest BCUT2D eigenvalue weighted by Crippen LogP contribution is -1.91. The molecule has 0 spiro atoms. The predicted molar refractivity (Wildman–Crippen MR) is 49.9 cm³/mol. The number of fused-ring (bicyclic) bond motifs is 1. The predicted octanol–water partition coefficient (Wildman–Crippen LogP) is 3.16. The molecule has 0 saturated heterocycles. The smallest absolute Gasteiger partial charge is 0.0180 e. The Morgan fingerprint density at radius 1 is 1.36 bits per heavy atom. The molecular weight excluding hydrogens is 152 g/mol. The molecule has 1 aliphatic heterocycles. The van der Waals surface area contributed by atoms with Crippen LogP contribution in [-0.2, 0) is 6.42 Å². The molecule has 11 heavy (non-hydrogen) atoms. The summed E-state index contributed by atoms with van der Waals surface area (Å²) in [6.07, 6.45) is 3.32. The van der Waals surface area contributed by atoms with Crippen molar-refractivity contribution in [3.05, 3.63) is 40.8 Å². The van der Waals surface area contributed by atoms with Crippen molar-refractivity contribution in [3.63, 3.8) is 0 Å². The Labute approximate surface area is 71.3 Å². The Hall–Kier alpha value is -0.690. The van der Waals surface area contributed by atoms with Crippen LogP contribution in [0.1, 0.15) is 11.1 Å². The van der Waals surface area contributed by atoms with Crippen molar-refractivity contribution in [2.45, 2.75) is 18.2 Å². The summed E-state index contributed by atoms with van der Waals surface area (Å²) in [7, 11) is 0. The maximum Gasteiger partial charge on any atom is 0.0180 e. The number of allylic oxidation sites excluding steroid dienone is 1. The van der Waals surface area contributed by atoms with E-state index >= 15 is 0 Å². The van der Waals surface area contributed by atoms with Gasteiger partial charge in [0.15, 0.2) is 0 Å². The first kappa shape index (κ1) is 6.99. The van der Waals surface area contributed by atoms with Gasteiger partial charge in [0.2, 0.25) is 0 Å². The standard InChI is InChI=1S/C10H10S/c1-8-4-2-5-9-6-3-7-11-10(8)9/h2-5,7H,6H2,1H3. The van der Waals surface area contributed by atoms with Crippen LogP contribution >= 0.6 is 11.8 Å². The first-order valence-corrected chi connectivity index (χ1v) is 4.66. The highest BCUT2D eigenvalue weighted by molar-refractivity contribution is 8.02. The van der Waals surface area contributed by atoms with Crippen LogP contribution in [0.3, 0.4) is 0 Å². The first-order valence-electron chi connectivity index (χ1n) is 3.78. The number of rotatable bonds is 0. The summed E-state index contributed by atoms with van der Waals surface area (Å²) in [5.41, 5.74) is 2.87. The van der Waals surface area contributed by atoms with Gasteiger partial charge in [-0.05, 0) is 29.9 Å². The van der Waals surface area contributed by atoms with Gasteiger partial charge in [-0.25, -0.2) is 0 Å². The van der Waals surface area contributed by atoms with E-state index < -0.39 is 0 Å². The van der Waals surface area contributed by atoms with Gasteiger partial charge in [-0.2, -0.15) is 0 Å².